The van der Waals surface area contributed by atoms with Gasteiger partial charge in [-0.25, -0.2) is 14.6 Å². The molecule has 182 valence electrons. The van der Waals surface area contributed by atoms with Crippen molar-refractivity contribution in [1.82, 2.24) is 15.2 Å². The largest absolute Gasteiger partial charge is 0.462 e. The smallest absolute Gasteiger partial charge is 0.410 e. The van der Waals surface area contributed by atoms with Crippen LogP contribution in [0.2, 0.25) is 0 Å². The highest BCUT2D eigenvalue weighted by molar-refractivity contribution is 5.89. The number of hydrogen-bond donors (Lipinski definition) is 1. The topological polar surface area (TPSA) is 101 Å². The minimum absolute atomic E-state index is 0.00897. The van der Waals surface area contributed by atoms with Gasteiger partial charge in [0, 0.05) is 38.4 Å². The van der Waals surface area contributed by atoms with Crippen molar-refractivity contribution in [1.29, 1.82) is 0 Å². The summed E-state index contributed by atoms with van der Waals surface area (Å²) in [5, 5.41) is 3.18. The normalized spacial score (nSPS) is 21.3. The Kier molecular flexibility index (Phi) is 8.15. The predicted octanol–water partition coefficient (Wildman–Crippen LogP) is 2.99. The molecule has 2 amide bonds. The fourth-order valence-electron chi connectivity index (χ4n) is 4.21. The van der Waals surface area contributed by atoms with E-state index in [1.165, 1.54) is 6.20 Å². The minimum atomic E-state index is -0.555. The molecule has 0 radical (unpaired) electrons. The predicted molar refractivity (Wildman–Crippen MR) is 124 cm³/mol. The Morgan fingerprint density at radius 2 is 1.88 bits per heavy atom. The quantitative estimate of drug-likeness (QED) is 0.674. The maximum atomic E-state index is 13.0. The van der Waals surface area contributed by atoms with E-state index in [9.17, 15) is 14.4 Å². The van der Waals surface area contributed by atoms with Gasteiger partial charge in [0.05, 0.1) is 18.1 Å². The summed E-state index contributed by atoms with van der Waals surface area (Å²) in [6, 6.07) is 3.54. The van der Waals surface area contributed by atoms with Crippen molar-refractivity contribution in [3.8, 4) is 0 Å². The molecule has 1 aromatic rings. The number of hydrogen-bond acceptors (Lipinski definition) is 7. The summed E-state index contributed by atoms with van der Waals surface area (Å²) in [6.45, 7) is 10.1. The molecule has 2 saturated heterocycles. The summed E-state index contributed by atoms with van der Waals surface area (Å²) in [5.74, 6) is 0.147. The number of nitrogens with zero attached hydrogens (tertiary/aromatic N) is 3. The first-order valence-corrected chi connectivity index (χ1v) is 11.8. The molecule has 2 fully saturated rings. The highest BCUT2D eigenvalue weighted by atomic mass is 16.6. The molecular formula is C24H36N4O5. The highest BCUT2D eigenvalue weighted by Gasteiger charge is 2.32. The average molecular weight is 461 g/mol. The van der Waals surface area contributed by atoms with Crippen LogP contribution >= 0.6 is 0 Å². The number of carbonyl (C=O) groups is 3. The van der Waals surface area contributed by atoms with Gasteiger partial charge < -0.3 is 24.6 Å². The van der Waals surface area contributed by atoms with Gasteiger partial charge in [0.1, 0.15) is 11.4 Å². The number of nitrogens with one attached hydrogen (secondary N) is 1. The fraction of sp³-hybridized carbons (Fsp3) is 0.667. The monoisotopic (exact) mass is 460 g/mol. The van der Waals surface area contributed by atoms with Crippen LogP contribution in [-0.4, -0.2) is 72.3 Å². The first-order chi connectivity index (χ1) is 15.7. The number of ether oxygens (including phenoxy) is 2. The molecule has 33 heavy (non-hydrogen) atoms. The molecule has 1 N–H and O–H groups in total. The number of anilines is 1. The van der Waals surface area contributed by atoms with Gasteiger partial charge in [0.15, 0.2) is 0 Å². The van der Waals surface area contributed by atoms with E-state index in [0.717, 1.165) is 38.0 Å². The van der Waals surface area contributed by atoms with Crippen LogP contribution in [0.5, 0.6) is 0 Å². The maximum Gasteiger partial charge on any atom is 0.410 e. The third-order valence-corrected chi connectivity index (χ3v) is 5.79. The number of likely N-dealkylation sites (tertiary alicyclic amines) is 1. The number of piperidine rings is 2. The molecule has 0 spiro atoms. The van der Waals surface area contributed by atoms with Crippen LogP contribution < -0.4 is 10.2 Å². The van der Waals surface area contributed by atoms with Gasteiger partial charge in [-0.3, -0.25) is 4.79 Å². The standard InChI is InChI=1S/C24H36N4O5/c1-5-32-22(30)17-10-11-20(25-14-17)27-12-7-9-19(16-27)26-21(29)18-8-6-13-28(15-18)23(31)33-24(2,3)4/h10-11,14,18-19H,5-9,12-13,15-16H2,1-4H3,(H,26,29). The molecule has 3 heterocycles. The number of aromatic nitrogens is 1. The van der Waals surface area contributed by atoms with Crippen molar-refractivity contribution in [2.24, 2.45) is 5.92 Å². The molecule has 2 aliphatic rings. The third-order valence-electron chi connectivity index (χ3n) is 5.79. The SMILES string of the molecule is CCOC(=O)c1ccc(N2CCCC(NC(=O)C3CCCN(C(=O)OC(C)(C)C)C3)C2)nc1. The Labute approximate surface area is 195 Å². The van der Waals surface area contributed by atoms with Gasteiger partial charge in [-0.1, -0.05) is 0 Å². The van der Waals surface area contributed by atoms with Crippen molar-refractivity contribution >= 4 is 23.8 Å². The molecule has 2 aliphatic heterocycles. The van der Waals surface area contributed by atoms with Crippen molar-refractivity contribution < 1.29 is 23.9 Å². The van der Waals surface area contributed by atoms with E-state index in [0.29, 0.717) is 31.8 Å². The average Bonchev–Trinajstić information content (AvgIpc) is 2.78. The van der Waals surface area contributed by atoms with Gasteiger partial charge in [-0.15, -0.1) is 0 Å². The second-order valence-corrected chi connectivity index (χ2v) is 9.68. The molecule has 2 unspecified atom stereocenters. The lowest BCUT2D eigenvalue weighted by molar-refractivity contribution is -0.127. The number of carbonyl (C=O) groups excluding carboxylic acids is 3. The van der Waals surface area contributed by atoms with Crippen molar-refractivity contribution in [3.05, 3.63) is 23.9 Å². The molecule has 0 bridgehead atoms. The summed E-state index contributed by atoms with van der Waals surface area (Å²) < 4.78 is 10.5. The summed E-state index contributed by atoms with van der Waals surface area (Å²) in [5.41, 5.74) is -0.130. The molecular weight excluding hydrogens is 424 g/mol. The third kappa shape index (κ3) is 7.07. The zero-order valence-electron chi connectivity index (χ0n) is 20.1. The van der Waals surface area contributed by atoms with Crippen LogP contribution in [0.25, 0.3) is 0 Å². The summed E-state index contributed by atoms with van der Waals surface area (Å²) in [4.78, 5) is 45.4. The molecule has 3 rings (SSSR count). The molecule has 9 nitrogen and oxygen atoms in total. The summed E-state index contributed by atoms with van der Waals surface area (Å²) in [7, 11) is 0. The molecule has 1 aromatic heterocycles. The second kappa shape index (κ2) is 10.9. The first-order valence-electron chi connectivity index (χ1n) is 11.8. The number of esters is 1. The Morgan fingerprint density at radius 1 is 1.12 bits per heavy atom. The van der Waals surface area contributed by atoms with E-state index in [2.05, 4.69) is 15.2 Å². The first kappa shape index (κ1) is 24.8. The fourth-order valence-corrected chi connectivity index (χ4v) is 4.21. The van der Waals surface area contributed by atoms with Crippen LogP contribution in [0.3, 0.4) is 0 Å². The maximum absolute atomic E-state index is 13.0. The number of pyridine rings is 1. The van der Waals surface area contributed by atoms with E-state index in [4.69, 9.17) is 9.47 Å². The van der Waals surface area contributed by atoms with Gasteiger partial charge in [-0.05, 0) is 65.5 Å². The van der Waals surface area contributed by atoms with Gasteiger partial charge >= 0.3 is 12.1 Å². The molecule has 0 aliphatic carbocycles. The zero-order chi connectivity index (χ0) is 24.0. The molecule has 2 atom stereocenters. The highest BCUT2D eigenvalue weighted by Crippen LogP contribution is 2.22. The minimum Gasteiger partial charge on any atom is -0.462 e. The Hall–Kier alpha value is -2.84. The molecule has 9 heteroatoms. The van der Waals surface area contributed by atoms with Gasteiger partial charge in [-0.2, -0.15) is 0 Å². The van der Waals surface area contributed by atoms with Crippen molar-refractivity contribution in [2.75, 3.05) is 37.7 Å². The summed E-state index contributed by atoms with van der Waals surface area (Å²) in [6.07, 6.45) is 4.54. The van der Waals surface area contributed by atoms with Crippen molar-refractivity contribution in [2.45, 2.75) is 65.0 Å². The van der Waals surface area contributed by atoms with Crippen LogP contribution in [0.4, 0.5) is 10.6 Å². The lowest BCUT2D eigenvalue weighted by atomic mass is 9.96. The van der Waals surface area contributed by atoms with Gasteiger partial charge in [0.2, 0.25) is 5.91 Å². The van der Waals surface area contributed by atoms with E-state index in [-0.39, 0.29) is 29.9 Å². The van der Waals surface area contributed by atoms with Crippen molar-refractivity contribution in [3.63, 3.8) is 0 Å². The number of amides is 2. The Morgan fingerprint density at radius 3 is 2.55 bits per heavy atom. The van der Waals surface area contributed by atoms with Gasteiger partial charge in [0.25, 0.3) is 0 Å². The van der Waals surface area contributed by atoms with E-state index < -0.39 is 5.60 Å². The Balaban J connectivity index is 1.54. The van der Waals surface area contributed by atoms with Crippen LogP contribution in [0.1, 0.15) is 63.7 Å². The lowest BCUT2D eigenvalue weighted by Gasteiger charge is -2.36. The van der Waals surface area contributed by atoms with E-state index >= 15 is 0 Å². The van der Waals surface area contributed by atoms with E-state index in [1.54, 1.807) is 17.9 Å². The van der Waals surface area contributed by atoms with Crippen LogP contribution in [0.15, 0.2) is 18.3 Å². The number of rotatable bonds is 5. The second-order valence-electron chi connectivity index (χ2n) is 9.68. The van der Waals surface area contributed by atoms with Crippen LogP contribution in [-0.2, 0) is 14.3 Å². The summed E-state index contributed by atoms with van der Waals surface area (Å²) >= 11 is 0. The molecule has 0 aromatic carbocycles. The van der Waals surface area contributed by atoms with E-state index in [1.807, 2.05) is 26.8 Å². The molecule has 0 saturated carbocycles. The Bertz CT molecular complexity index is 836. The lowest BCUT2D eigenvalue weighted by Crippen LogP contribution is -2.52. The zero-order valence-corrected chi connectivity index (χ0v) is 20.1. The van der Waals surface area contributed by atoms with Crippen LogP contribution in [0, 0.1) is 5.92 Å².